The van der Waals surface area contributed by atoms with E-state index in [1.807, 2.05) is 12.1 Å². The number of alkyl halides is 2. The van der Waals surface area contributed by atoms with Gasteiger partial charge in [0.1, 0.15) is 5.82 Å². The van der Waals surface area contributed by atoms with Crippen LogP contribution in [0.2, 0.25) is 0 Å². The maximum absolute atomic E-state index is 13.6. The fourth-order valence-electron chi connectivity index (χ4n) is 2.22. The van der Waals surface area contributed by atoms with E-state index >= 15 is 0 Å². The smallest absolute Gasteiger partial charge is 0.126 e. The zero-order valence-electron chi connectivity index (χ0n) is 10.3. The summed E-state index contributed by atoms with van der Waals surface area (Å²) in [5.41, 5.74) is 0.494. The molecule has 1 aromatic carbocycles. The van der Waals surface area contributed by atoms with Crippen LogP contribution >= 0.6 is 23.2 Å². The largest absolute Gasteiger partial charge is 0.207 e. The Bertz CT molecular complexity index is 346. The van der Waals surface area contributed by atoms with Gasteiger partial charge in [0.25, 0.3) is 0 Å². The summed E-state index contributed by atoms with van der Waals surface area (Å²) in [5, 5.41) is 0. The molecular weight excluding hydrogens is 258 g/mol. The third kappa shape index (κ3) is 4.15. The summed E-state index contributed by atoms with van der Waals surface area (Å²) in [4.78, 5) is 0. The molecule has 0 unspecified atom stereocenters. The Labute approximate surface area is 113 Å². The fraction of sp³-hybridized carbons (Fsp3) is 0.571. The molecule has 0 radical (unpaired) electrons. The molecule has 0 atom stereocenters. The van der Waals surface area contributed by atoms with Crippen molar-refractivity contribution in [3.8, 4) is 0 Å². The molecule has 1 aromatic rings. The van der Waals surface area contributed by atoms with Gasteiger partial charge in [0.15, 0.2) is 0 Å². The highest BCUT2D eigenvalue weighted by Crippen LogP contribution is 2.34. The molecule has 17 heavy (non-hydrogen) atoms. The Kier molecular flexibility index (Phi) is 5.75. The monoisotopic (exact) mass is 276 g/mol. The zero-order valence-corrected chi connectivity index (χ0v) is 11.9. The van der Waals surface area contributed by atoms with Gasteiger partial charge < -0.3 is 0 Å². The molecule has 0 N–H and O–H groups in total. The highest BCUT2D eigenvalue weighted by atomic mass is 35.5. The number of rotatable bonds is 6. The number of halogens is 3. The summed E-state index contributed by atoms with van der Waals surface area (Å²) in [7, 11) is 0. The van der Waals surface area contributed by atoms with Gasteiger partial charge in [0.05, 0.1) is 0 Å². The minimum absolute atomic E-state index is 0.170. The maximum atomic E-state index is 13.6. The van der Waals surface area contributed by atoms with Crippen LogP contribution in [0.15, 0.2) is 24.3 Å². The Morgan fingerprint density at radius 2 is 1.76 bits per heavy atom. The highest BCUT2D eigenvalue weighted by Gasteiger charge is 2.30. The molecule has 1 rings (SSSR count). The zero-order chi connectivity index (χ0) is 12.9. The first-order valence-electron chi connectivity index (χ1n) is 5.88. The molecule has 0 fully saturated rings. The lowest BCUT2D eigenvalue weighted by Gasteiger charge is -2.31. The van der Waals surface area contributed by atoms with Crippen LogP contribution in [-0.2, 0) is 6.42 Å². The van der Waals surface area contributed by atoms with Crippen molar-refractivity contribution < 1.29 is 4.39 Å². The van der Waals surface area contributed by atoms with Gasteiger partial charge >= 0.3 is 0 Å². The van der Waals surface area contributed by atoms with Crippen LogP contribution in [0.5, 0.6) is 0 Å². The summed E-state index contributed by atoms with van der Waals surface area (Å²) >= 11 is 12.1. The van der Waals surface area contributed by atoms with Crippen molar-refractivity contribution in [3.05, 3.63) is 35.6 Å². The van der Waals surface area contributed by atoms with E-state index in [1.165, 1.54) is 6.07 Å². The van der Waals surface area contributed by atoms with Crippen molar-refractivity contribution in [1.82, 2.24) is 0 Å². The van der Waals surface area contributed by atoms with Crippen molar-refractivity contribution >= 4 is 23.2 Å². The lowest BCUT2D eigenvalue weighted by atomic mass is 9.78. The van der Waals surface area contributed by atoms with Crippen LogP contribution in [0, 0.1) is 17.2 Å². The van der Waals surface area contributed by atoms with Crippen LogP contribution in [0.3, 0.4) is 0 Å². The first-order valence-corrected chi connectivity index (χ1v) is 6.95. The fourth-order valence-corrected chi connectivity index (χ4v) is 2.92. The van der Waals surface area contributed by atoms with E-state index < -0.39 is 0 Å². The van der Waals surface area contributed by atoms with E-state index in [9.17, 15) is 4.39 Å². The van der Waals surface area contributed by atoms with Gasteiger partial charge in [0, 0.05) is 17.2 Å². The van der Waals surface area contributed by atoms with E-state index in [0.717, 1.165) is 6.42 Å². The molecule has 0 nitrogen and oxygen atoms in total. The molecule has 96 valence electrons. The van der Waals surface area contributed by atoms with Crippen molar-refractivity contribution in [1.29, 1.82) is 0 Å². The summed E-state index contributed by atoms with van der Waals surface area (Å²) < 4.78 is 13.6. The maximum Gasteiger partial charge on any atom is 0.126 e. The number of hydrogen-bond acceptors (Lipinski definition) is 0. The Morgan fingerprint density at radius 3 is 2.24 bits per heavy atom. The Balaban J connectivity index is 2.90. The molecule has 0 aliphatic rings. The number of benzene rings is 1. The van der Waals surface area contributed by atoms with Gasteiger partial charge in [-0.3, -0.25) is 0 Å². The third-order valence-electron chi connectivity index (χ3n) is 2.93. The lowest BCUT2D eigenvalue weighted by molar-refractivity contribution is 0.292. The van der Waals surface area contributed by atoms with Crippen LogP contribution in [0.25, 0.3) is 0 Å². The second kappa shape index (κ2) is 6.61. The van der Waals surface area contributed by atoms with Gasteiger partial charge in [-0.1, -0.05) is 32.0 Å². The minimum atomic E-state index is -0.209. The predicted molar refractivity (Wildman–Crippen MR) is 73.4 cm³/mol. The molecule has 3 heteroatoms. The molecule has 0 spiro atoms. The summed E-state index contributed by atoms with van der Waals surface area (Å²) in [5.74, 6) is 1.25. The normalized spacial score (nSPS) is 12.1. The second-order valence-corrected chi connectivity index (χ2v) is 5.67. The molecule has 0 amide bonds. The molecule has 0 aliphatic carbocycles. The molecule has 0 aliphatic heterocycles. The Hall–Kier alpha value is -0.270. The van der Waals surface area contributed by atoms with E-state index in [2.05, 4.69) is 13.8 Å². The van der Waals surface area contributed by atoms with Gasteiger partial charge in [-0.05, 0) is 30.4 Å². The average molecular weight is 277 g/mol. The summed E-state index contributed by atoms with van der Waals surface area (Å²) in [6.45, 7) is 4.27. The predicted octanol–water partition coefficient (Wildman–Crippen LogP) is 4.88. The minimum Gasteiger partial charge on any atom is -0.207 e. The van der Waals surface area contributed by atoms with Crippen LogP contribution < -0.4 is 0 Å². The third-order valence-corrected chi connectivity index (χ3v) is 4.07. The lowest BCUT2D eigenvalue weighted by Crippen LogP contribution is -2.30. The van der Waals surface area contributed by atoms with E-state index in [4.69, 9.17) is 23.2 Å². The van der Waals surface area contributed by atoms with E-state index in [1.54, 1.807) is 6.07 Å². The topological polar surface area (TPSA) is 0 Å². The highest BCUT2D eigenvalue weighted by molar-refractivity contribution is 6.21. The molecule has 0 bridgehead atoms. The van der Waals surface area contributed by atoms with Gasteiger partial charge in [-0.15, -0.1) is 23.2 Å². The molecule has 0 heterocycles. The first-order chi connectivity index (χ1) is 8.03. The first kappa shape index (κ1) is 14.8. The van der Waals surface area contributed by atoms with Gasteiger partial charge in [-0.25, -0.2) is 4.39 Å². The van der Waals surface area contributed by atoms with Crippen molar-refractivity contribution in [2.75, 3.05) is 11.8 Å². The average Bonchev–Trinajstić information content (AvgIpc) is 2.30. The van der Waals surface area contributed by atoms with Gasteiger partial charge in [-0.2, -0.15) is 0 Å². The van der Waals surface area contributed by atoms with E-state index in [-0.39, 0.29) is 11.2 Å². The van der Waals surface area contributed by atoms with Crippen molar-refractivity contribution in [2.24, 2.45) is 11.3 Å². The van der Waals surface area contributed by atoms with Crippen LogP contribution in [0.4, 0.5) is 4.39 Å². The van der Waals surface area contributed by atoms with Crippen molar-refractivity contribution in [3.63, 3.8) is 0 Å². The standard InChI is InChI=1S/C14H19Cl2F/c1-11(2)7-14(9-15,10-16)8-12-5-3-4-6-13(12)17/h3-6,11H,7-10H2,1-2H3. The summed E-state index contributed by atoms with van der Waals surface area (Å²) in [6.07, 6.45) is 1.51. The summed E-state index contributed by atoms with van der Waals surface area (Å²) in [6, 6.07) is 6.84. The van der Waals surface area contributed by atoms with E-state index in [0.29, 0.717) is 29.7 Å². The molecular formula is C14H19Cl2F. The van der Waals surface area contributed by atoms with Gasteiger partial charge in [0.2, 0.25) is 0 Å². The molecule has 0 saturated carbocycles. The quantitative estimate of drug-likeness (QED) is 0.650. The van der Waals surface area contributed by atoms with Crippen LogP contribution in [0.1, 0.15) is 25.8 Å². The van der Waals surface area contributed by atoms with Crippen molar-refractivity contribution in [2.45, 2.75) is 26.7 Å². The second-order valence-electron chi connectivity index (χ2n) is 5.13. The molecule has 0 saturated heterocycles. The molecule has 0 aromatic heterocycles. The number of hydrogen-bond donors (Lipinski definition) is 0. The van der Waals surface area contributed by atoms with Crippen LogP contribution in [-0.4, -0.2) is 11.8 Å². The SMILES string of the molecule is CC(C)CC(CCl)(CCl)Cc1ccccc1F. The Morgan fingerprint density at radius 1 is 1.18 bits per heavy atom.